The molecule has 150 valence electrons. The number of nitro groups is 1. The summed E-state index contributed by atoms with van der Waals surface area (Å²) in [5.41, 5.74) is 1.55. The topological polar surface area (TPSA) is 116 Å². The molecule has 2 aromatic rings. The average Bonchev–Trinajstić information content (AvgIpc) is 2.92. The highest BCUT2D eigenvalue weighted by atomic mass is 16.6. The third-order valence-corrected chi connectivity index (χ3v) is 4.29. The summed E-state index contributed by atoms with van der Waals surface area (Å²) in [5, 5.41) is 17.7. The van der Waals surface area contributed by atoms with Crippen LogP contribution in [0, 0.1) is 24.0 Å². The van der Waals surface area contributed by atoms with Gasteiger partial charge in [-0.1, -0.05) is 30.3 Å². The van der Waals surface area contributed by atoms with Crippen LogP contribution in [0.1, 0.15) is 30.3 Å². The van der Waals surface area contributed by atoms with E-state index < -0.39 is 23.4 Å². The van der Waals surface area contributed by atoms with Crippen molar-refractivity contribution in [1.82, 2.24) is 15.1 Å². The normalized spacial score (nSPS) is 11.7. The van der Waals surface area contributed by atoms with Crippen LogP contribution in [0.2, 0.25) is 0 Å². The number of hydrogen-bond acceptors (Lipinski definition) is 6. The van der Waals surface area contributed by atoms with Crippen LogP contribution in [-0.2, 0) is 27.3 Å². The monoisotopic (exact) mass is 388 g/mol. The van der Waals surface area contributed by atoms with Gasteiger partial charge in [0, 0.05) is 6.04 Å². The van der Waals surface area contributed by atoms with E-state index in [4.69, 9.17) is 4.74 Å². The van der Waals surface area contributed by atoms with E-state index in [0.717, 1.165) is 12.8 Å². The Labute approximate surface area is 162 Å². The summed E-state index contributed by atoms with van der Waals surface area (Å²) >= 11 is 0. The van der Waals surface area contributed by atoms with Gasteiger partial charge in [-0.2, -0.15) is 5.10 Å². The van der Waals surface area contributed by atoms with Gasteiger partial charge in [0.15, 0.2) is 6.61 Å². The fraction of sp³-hybridized carbons (Fsp3) is 0.421. The minimum absolute atomic E-state index is 0.0648. The van der Waals surface area contributed by atoms with E-state index in [-0.39, 0.29) is 29.7 Å². The van der Waals surface area contributed by atoms with Gasteiger partial charge in [0.25, 0.3) is 5.91 Å². The maximum atomic E-state index is 11.9. The highest BCUT2D eigenvalue weighted by Gasteiger charge is 2.23. The first-order chi connectivity index (χ1) is 13.3. The molecule has 0 saturated carbocycles. The van der Waals surface area contributed by atoms with Crippen molar-refractivity contribution in [2.45, 2.75) is 46.2 Å². The number of aromatic nitrogens is 2. The Morgan fingerprint density at radius 3 is 2.57 bits per heavy atom. The van der Waals surface area contributed by atoms with Crippen LogP contribution < -0.4 is 5.32 Å². The van der Waals surface area contributed by atoms with Crippen LogP contribution in [0.15, 0.2) is 30.3 Å². The van der Waals surface area contributed by atoms with Crippen LogP contribution in [0.3, 0.4) is 0 Å². The van der Waals surface area contributed by atoms with Crippen molar-refractivity contribution in [3.8, 4) is 0 Å². The van der Waals surface area contributed by atoms with Gasteiger partial charge in [-0.15, -0.1) is 0 Å². The lowest BCUT2D eigenvalue weighted by Crippen LogP contribution is -2.36. The number of carbonyl (C=O) groups excluding carboxylic acids is 2. The first-order valence-electron chi connectivity index (χ1n) is 8.95. The second-order valence-electron chi connectivity index (χ2n) is 6.59. The molecule has 9 heteroatoms. The zero-order chi connectivity index (χ0) is 20.7. The summed E-state index contributed by atoms with van der Waals surface area (Å²) in [7, 11) is 0. The third-order valence-electron chi connectivity index (χ3n) is 4.29. The Morgan fingerprint density at radius 2 is 1.96 bits per heavy atom. The second-order valence-corrected chi connectivity index (χ2v) is 6.59. The number of carbonyl (C=O) groups is 2. The van der Waals surface area contributed by atoms with Crippen LogP contribution in [0.25, 0.3) is 0 Å². The van der Waals surface area contributed by atoms with Gasteiger partial charge < -0.3 is 10.1 Å². The number of rotatable bonds is 9. The molecule has 0 saturated heterocycles. The van der Waals surface area contributed by atoms with Crippen molar-refractivity contribution in [2.75, 3.05) is 6.61 Å². The van der Waals surface area contributed by atoms with Gasteiger partial charge >= 0.3 is 11.7 Å². The Bertz CT molecular complexity index is 848. The van der Waals surface area contributed by atoms with Crippen molar-refractivity contribution in [2.24, 2.45) is 0 Å². The molecule has 0 aliphatic rings. The Hall–Kier alpha value is -3.23. The molecular weight excluding hydrogens is 364 g/mol. The predicted molar refractivity (Wildman–Crippen MR) is 102 cm³/mol. The zero-order valence-corrected chi connectivity index (χ0v) is 16.2. The predicted octanol–water partition coefficient (Wildman–Crippen LogP) is 2.09. The van der Waals surface area contributed by atoms with Crippen molar-refractivity contribution in [3.63, 3.8) is 0 Å². The molecule has 0 bridgehead atoms. The summed E-state index contributed by atoms with van der Waals surface area (Å²) < 4.78 is 6.16. The summed E-state index contributed by atoms with van der Waals surface area (Å²) in [6.07, 6.45) is 1.60. The van der Waals surface area contributed by atoms with Crippen molar-refractivity contribution in [3.05, 3.63) is 57.4 Å². The van der Waals surface area contributed by atoms with E-state index in [0.29, 0.717) is 0 Å². The first-order valence-corrected chi connectivity index (χ1v) is 8.95. The summed E-state index contributed by atoms with van der Waals surface area (Å²) in [4.78, 5) is 34.3. The van der Waals surface area contributed by atoms with E-state index in [1.54, 1.807) is 0 Å². The number of aryl methyl sites for hydroxylation is 2. The molecule has 0 aliphatic heterocycles. The van der Waals surface area contributed by atoms with Gasteiger partial charge in [-0.25, -0.2) is 0 Å². The number of ether oxygens (including phenoxy) is 1. The Morgan fingerprint density at radius 1 is 1.29 bits per heavy atom. The molecule has 1 N–H and O–H groups in total. The molecule has 0 aliphatic carbocycles. The van der Waals surface area contributed by atoms with Gasteiger partial charge in [-0.3, -0.25) is 24.4 Å². The molecule has 28 heavy (non-hydrogen) atoms. The molecule has 1 heterocycles. The minimum Gasteiger partial charge on any atom is -0.454 e. The number of benzene rings is 1. The maximum absolute atomic E-state index is 11.9. The lowest BCUT2D eigenvalue weighted by molar-refractivity contribution is -0.386. The number of nitrogens with zero attached hydrogens (tertiary/aromatic N) is 3. The van der Waals surface area contributed by atoms with E-state index in [1.807, 2.05) is 37.3 Å². The lowest BCUT2D eigenvalue weighted by Gasteiger charge is -2.14. The van der Waals surface area contributed by atoms with E-state index in [2.05, 4.69) is 10.4 Å². The van der Waals surface area contributed by atoms with E-state index in [1.165, 1.54) is 24.1 Å². The van der Waals surface area contributed by atoms with E-state index in [9.17, 15) is 19.7 Å². The molecule has 1 atom stereocenters. The molecule has 1 aromatic carbocycles. The maximum Gasteiger partial charge on any atom is 0.328 e. The summed E-state index contributed by atoms with van der Waals surface area (Å²) in [5.74, 6) is -1.08. The zero-order valence-electron chi connectivity index (χ0n) is 16.2. The fourth-order valence-electron chi connectivity index (χ4n) is 2.84. The molecule has 0 fully saturated rings. The van der Waals surface area contributed by atoms with Gasteiger partial charge in [-0.05, 0) is 39.2 Å². The lowest BCUT2D eigenvalue weighted by atomic mass is 10.1. The largest absolute Gasteiger partial charge is 0.454 e. The molecular formula is C19H24N4O5. The fourth-order valence-corrected chi connectivity index (χ4v) is 2.84. The van der Waals surface area contributed by atoms with Crippen molar-refractivity contribution in [1.29, 1.82) is 0 Å². The molecule has 1 amide bonds. The van der Waals surface area contributed by atoms with Crippen molar-refractivity contribution < 1.29 is 19.2 Å². The highest BCUT2D eigenvalue weighted by Crippen LogP contribution is 2.21. The number of nitrogens with one attached hydrogen (secondary N) is 1. The number of hydrogen-bond donors (Lipinski definition) is 1. The standard InChI is InChI=1S/C19H24N4O5/c1-13(9-10-16-7-5-4-6-8-16)20-17(24)12-28-18(25)11-22-15(3)19(23(26)27)14(2)21-22/h4-8,13H,9-12H2,1-3H3,(H,20,24). The molecule has 1 aromatic heterocycles. The van der Waals surface area contributed by atoms with Crippen LogP contribution in [-0.4, -0.2) is 39.2 Å². The van der Waals surface area contributed by atoms with Gasteiger partial charge in [0.2, 0.25) is 0 Å². The molecule has 0 radical (unpaired) electrons. The SMILES string of the molecule is Cc1nn(CC(=O)OCC(=O)NC(C)CCc2ccccc2)c(C)c1[N+](=O)[O-]. The molecule has 9 nitrogen and oxygen atoms in total. The quantitative estimate of drug-likeness (QED) is 0.399. The van der Waals surface area contributed by atoms with Crippen LogP contribution >= 0.6 is 0 Å². The summed E-state index contributed by atoms with van der Waals surface area (Å²) in [6.45, 7) is 4.19. The third kappa shape index (κ3) is 5.90. The van der Waals surface area contributed by atoms with Crippen LogP contribution in [0.5, 0.6) is 0 Å². The second kappa shape index (κ2) is 9.63. The molecule has 0 spiro atoms. The summed E-state index contributed by atoms with van der Waals surface area (Å²) in [6, 6.07) is 9.88. The molecule has 1 unspecified atom stereocenters. The van der Waals surface area contributed by atoms with E-state index >= 15 is 0 Å². The smallest absolute Gasteiger partial charge is 0.328 e. The Balaban J connectivity index is 1.75. The van der Waals surface area contributed by atoms with Crippen LogP contribution in [0.4, 0.5) is 5.69 Å². The first kappa shape index (κ1) is 21.1. The van der Waals surface area contributed by atoms with Gasteiger partial charge in [0.05, 0.1) is 4.92 Å². The Kier molecular flexibility index (Phi) is 7.25. The van der Waals surface area contributed by atoms with Crippen molar-refractivity contribution >= 4 is 17.6 Å². The minimum atomic E-state index is -0.687. The average molecular weight is 388 g/mol. The molecule has 2 rings (SSSR count). The number of amides is 1. The number of esters is 1. The van der Waals surface area contributed by atoms with Gasteiger partial charge in [0.1, 0.15) is 17.9 Å². The highest BCUT2D eigenvalue weighted by molar-refractivity contribution is 5.80.